The number of halogens is 1. The van der Waals surface area contributed by atoms with Crippen molar-refractivity contribution in [3.63, 3.8) is 0 Å². The highest BCUT2D eigenvalue weighted by Gasteiger charge is 2.15. The molecule has 0 radical (unpaired) electrons. The summed E-state index contributed by atoms with van der Waals surface area (Å²) in [6.45, 7) is 7.53. The molecule has 0 saturated carbocycles. The molecule has 2 N–H and O–H groups in total. The Morgan fingerprint density at radius 3 is 2.77 bits per heavy atom. The summed E-state index contributed by atoms with van der Waals surface area (Å²) in [5.41, 5.74) is 0.467. The second kappa shape index (κ2) is 9.79. The molecule has 6 heteroatoms. The summed E-state index contributed by atoms with van der Waals surface area (Å²) in [6, 6.07) is 5.37. The summed E-state index contributed by atoms with van der Waals surface area (Å²) in [7, 11) is 0. The van der Waals surface area contributed by atoms with E-state index in [1.165, 1.54) is 0 Å². The minimum Gasteiger partial charge on any atom is -0.492 e. The lowest BCUT2D eigenvalue weighted by Crippen LogP contribution is -2.39. The van der Waals surface area contributed by atoms with E-state index in [1.807, 2.05) is 6.07 Å². The molecule has 1 aromatic carbocycles. The molecule has 0 aliphatic rings. The van der Waals surface area contributed by atoms with E-state index in [-0.39, 0.29) is 5.91 Å². The molecule has 122 valence electrons. The summed E-state index contributed by atoms with van der Waals surface area (Å²) in [6.07, 6.45) is 2.08. The van der Waals surface area contributed by atoms with Gasteiger partial charge in [-0.25, -0.2) is 0 Å². The number of hydrogen-bond acceptors (Lipinski definition) is 3. The van der Waals surface area contributed by atoms with E-state index in [2.05, 4.69) is 47.3 Å². The van der Waals surface area contributed by atoms with Crippen LogP contribution in [0.5, 0.6) is 5.75 Å². The summed E-state index contributed by atoms with van der Waals surface area (Å²) < 4.78 is 6.53. The fourth-order valence-electron chi connectivity index (χ4n) is 1.66. The number of nitrogens with one attached hydrogen (secondary N) is 2. The molecule has 0 spiro atoms. The van der Waals surface area contributed by atoms with Gasteiger partial charge >= 0.3 is 0 Å². The van der Waals surface area contributed by atoms with Gasteiger partial charge in [0.1, 0.15) is 5.75 Å². The number of thiocarbonyl (C=S) groups is 1. The molecule has 0 heterocycles. The van der Waals surface area contributed by atoms with Crippen LogP contribution < -0.4 is 15.4 Å². The van der Waals surface area contributed by atoms with Crippen LogP contribution in [0.1, 0.15) is 44.0 Å². The fraction of sp³-hybridized carbons (Fsp3) is 0.500. The third kappa shape index (κ3) is 6.75. The van der Waals surface area contributed by atoms with Gasteiger partial charge in [-0.2, -0.15) is 0 Å². The Labute approximate surface area is 146 Å². The SMILES string of the molecule is CCCCNC(=S)NC(=O)c1cc(Br)ccc1OCC(C)C. The van der Waals surface area contributed by atoms with Crippen molar-refractivity contribution in [1.82, 2.24) is 10.6 Å². The molecule has 0 aromatic heterocycles. The third-order valence-corrected chi connectivity index (χ3v) is 3.54. The van der Waals surface area contributed by atoms with Crippen LogP contribution in [-0.2, 0) is 0 Å². The van der Waals surface area contributed by atoms with Crippen LogP contribution in [0.2, 0.25) is 0 Å². The quantitative estimate of drug-likeness (QED) is 0.551. The van der Waals surface area contributed by atoms with Gasteiger partial charge in [0.05, 0.1) is 12.2 Å². The number of rotatable bonds is 7. The van der Waals surface area contributed by atoms with Gasteiger partial charge in [-0.3, -0.25) is 10.1 Å². The molecule has 0 atom stereocenters. The number of carbonyl (C=O) groups excluding carboxylic acids is 1. The average molecular weight is 387 g/mol. The van der Waals surface area contributed by atoms with Gasteiger partial charge in [-0.15, -0.1) is 0 Å². The van der Waals surface area contributed by atoms with Gasteiger partial charge in [0.15, 0.2) is 5.11 Å². The maximum absolute atomic E-state index is 12.4. The Kier molecular flexibility index (Phi) is 8.42. The van der Waals surface area contributed by atoms with E-state index in [0.717, 1.165) is 23.9 Å². The highest BCUT2D eigenvalue weighted by molar-refractivity contribution is 9.10. The number of carbonyl (C=O) groups is 1. The predicted molar refractivity (Wildman–Crippen MR) is 97.4 cm³/mol. The third-order valence-electron chi connectivity index (χ3n) is 2.80. The first kappa shape index (κ1) is 18.9. The lowest BCUT2D eigenvalue weighted by Gasteiger charge is -2.14. The van der Waals surface area contributed by atoms with Crippen LogP contribution >= 0.6 is 28.1 Å². The van der Waals surface area contributed by atoms with Gasteiger partial charge in [-0.05, 0) is 42.8 Å². The van der Waals surface area contributed by atoms with E-state index < -0.39 is 0 Å². The molecule has 0 saturated heterocycles. The van der Waals surface area contributed by atoms with Gasteiger partial charge in [-0.1, -0.05) is 43.1 Å². The first-order chi connectivity index (χ1) is 10.4. The summed E-state index contributed by atoms with van der Waals surface area (Å²) >= 11 is 8.51. The van der Waals surface area contributed by atoms with Crippen molar-refractivity contribution in [3.05, 3.63) is 28.2 Å². The molecule has 0 fully saturated rings. The maximum atomic E-state index is 12.4. The number of unbranched alkanes of at least 4 members (excludes halogenated alkanes) is 1. The van der Waals surface area contributed by atoms with Crippen molar-refractivity contribution in [2.24, 2.45) is 5.92 Å². The van der Waals surface area contributed by atoms with Crippen LogP contribution in [0.3, 0.4) is 0 Å². The van der Waals surface area contributed by atoms with Gasteiger partial charge < -0.3 is 10.1 Å². The Hall–Kier alpha value is -1.14. The highest BCUT2D eigenvalue weighted by Crippen LogP contribution is 2.23. The van der Waals surface area contributed by atoms with E-state index in [0.29, 0.717) is 29.0 Å². The van der Waals surface area contributed by atoms with Crippen LogP contribution in [0.4, 0.5) is 0 Å². The molecule has 1 amide bonds. The maximum Gasteiger partial charge on any atom is 0.261 e. The summed E-state index contributed by atoms with van der Waals surface area (Å²) in [5, 5.41) is 6.05. The molecule has 1 aromatic rings. The van der Waals surface area contributed by atoms with Gasteiger partial charge in [0.2, 0.25) is 0 Å². The molecule has 0 unspecified atom stereocenters. The molecule has 0 aliphatic carbocycles. The molecule has 0 aliphatic heterocycles. The second-order valence-electron chi connectivity index (χ2n) is 5.41. The molecular weight excluding hydrogens is 364 g/mol. The molecule has 4 nitrogen and oxygen atoms in total. The molecular formula is C16H23BrN2O2S. The lowest BCUT2D eigenvalue weighted by molar-refractivity contribution is 0.0972. The van der Waals surface area contributed by atoms with Crippen LogP contribution in [0, 0.1) is 5.92 Å². The van der Waals surface area contributed by atoms with Gasteiger partial charge in [0, 0.05) is 11.0 Å². The zero-order valence-corrected chi connectivity index (χ0v) is 15.6. The summed E-state index contributed by atoms with van der Waals surface area (Å²) in [4.78, 5) is 12.4. The zero-order valence-electron chi connectivity index (χ0n) is 13.2. The zero-order chi connectivity index (χ0) is 16.5. The van der Waals surface area contributed by atoms with Crippen LogP contribution in [0.15, 0.2) is 22.7 Å². The highest BCUT2D eigenvalue weighted by atomic mass is 79.9. The Bertz CT molecular complexity index is 521. The van der Waals surface area contributed by atoms with Gasteiger partial charge in [0.25, 0.3) is 5.91 Å². The lowest BCUT2D eigenvalue weighted by atomic mass is 10.2. The second-order valence-corrected chi connectivity index (χ2v) is 6.73. The van der Waals surface area contributed by atoms with Crippen LogP contribution in [-0.4, -0.2) is 24.2 Å². The van der Waals surface area contributed by atoms with Crippen molar-refractivity contribution < 1.29 is 9.53 Å². The number of benzene rings is 1. The smallest absolute Gasteiger partial charge is 0.261 e. The van der Waals surface area contributed by atoms with E-state index >= 15 is 0 Å². The minimum atomic E-state index is -0.269. The van der Waals surface area contributed by atoms with Crippen molar-refractivity contribution in [2.75, 3.05) is 13.2 Å². The molecule has 1 rings (SSSR count). The normalized spacial score (nSPS) is 10.4. The predicted octanol–water partition coefficient (Wildman–Crippen LogP) is 3.89. The van der Waals surface area contributed by atoms with Crippen molar-refractivity contribution in [1.29, 1.82) is 0 Å². The Morgan fingerprint density at radius 1 is 1.41 bits per heavy atom. The van der Waals surface area contributed by atoms with Crippen LogP contribution in [0.25, 0.3) is 0 Å². The number of amides is 1. The van der Waals surface area contributed by atoms with E-state index in [1.54, 1.807) is 12.1 Å². The largest absolute Gasteiger partial charge is 0.492 e. The van der Waals surface area contributed by atoms with E-state index in [4.69, 9.17) is 17.0 Å². The standard InChI is InChI=1S/C16H23BrN2O2S/c1-4-5-8-18-16(22)19-15(20)13-9-12(17)6-7-14(13)21-10-11(2)3/h6-7,9,11H,4-5,8,10H2,1-3H3,(H2,18,19,20,22). The number of ether oxygens (including phenoxy) is 1. The van der Waals surface area contributed by atoms with Crippen molar-refractivity contribution in [2.45, 2.75) is 33.6 Å². The monoisotopic (exact) mass is 386 g/mol. The first-order valence-electron chi connectivity index (χ1n) is 7.45. The van der Waals surface area contributed by atoms with Crippen molar-refractivity contribution in [3.8, 4) is 5.75 Å². The number of hydrogen-bond donors (Lipinski definition) is 2. The molecule has 0 bridgehead atoms. The summed E-state index contributed by atoms with van der Waals surface area (Å²) in [5.74, 6) is 0.677. The average Bonchev–Trinajstić information content (AvgIpc) is 2.46. The minimum absolute atomic E-state index is 0.269. The Balaban J connectivity index is 2.74. The molecule has 22 heavy (non-hydrogen) atoms. The van der Waals surface area contributed by atoms with Crippen molar-refractivity contribution >= 4 is 39.2 Å². The first-order valence-corrected chi connectivity index (χ1v) is 8.65. The topological polar surface area (TPSA) is 50.4 Å². The Morgan fingerprint density at radius 2 is 2.14 bits per heavy atom. The fourth-order valence-corrected chi connectivity index (χ4v) is 2.21. The van der Waals surface area contributed by atoms with E-state index in [9.17, 15) is 4.79 Å².